The quantitative estimate of drug-likeness (QED) is 0.682. The lowest BCUT2D eigenvalue weighted by molar-refractivity contribution is 0.0316. The summed E-state index contributed by atoms with van der Waals surface area (Å²) in [6.07, 6.45) is 0. The van der Waals surface area contributed by atoms with Gasteiger partial charge in [-0.25, -0.2) is 0 Å². The molecule has 2 aliphatic rings. The summed E-state index contributed by atoms with van der Waals surface area (Å²) in [6, 6.07) is 17.6. The number of fused-ring (bicyclic) bond motifs is 1. The first-order valence-corrected chi connectivity index (χ1v) is 10.6. The van der Waals surface area contributed by atoms with E-state index in [0.29, 0.717) is 17.3 Å². The van der Waals surface area contributed by atoms with Gasteiger partial charge in [0.15, 0.2) is 0 Å². The molecule has 1 saturated heterocycles. The molecule has 2 aliphatic heterocycles. The summed E-state index contributed by atoms with van der Waals surface area (Å²) in [4.78, 5) is 17.7. The zero-order valence-electron chi connectivity index (χ0n) is 16.6. The van der Waals surface area contributed by atoms with E-state index in [0.717, 1.165) is 55.2 Å². The Morgan fingerprint density at radius 3 is 2.50 bits per heavy atom. The van der Waals surface area contributed by atoms with Crippen LogP contribution >= 0.6 is 11.6 Å². The van der Waals surface area contributed by atoms with Crippen LogP contribution in [-0.2, 0) is 4.74 Å². The predicted octanol–water partition coefficient (Wildman–Crippen LogP) is 3.61. The van der Waals surface area contributed by atoms with Gasteiger partial charge in [-0.1, -0.05) is 54.1 Å². The lowest BCUT2D eigenvalue weighted by Gasteiger charge is -2.31. The highest BCUT2D eigenvalue weighted by Crippen LogP contribution is 2.42. The summed E-state index contributed by atoms with van der Waals surface area (Å²) in [5.74, 6) is -0.000161. The molecular formula is C23H23ClN4O2. The minimum absolute atomic E-state index is 0.000161. The van der Waals surface area contributed by atoms with Crippen LogP contribution in [0.15, 0.2) is 54.6 Å². The van der Waals surface area contributed by atoms with Gasteiger partial charge in [0.2, 0.25) is 0 Å². The average Bonchev–Trinajstić information content (AvgIpc) is 3.33. The number of aromatic nitrogens is 2. The van der Waals surface area contributed by atoms with E-state index in [2.05, 4.69) is 27.2 Å². The molecule has 3 aromatic rings. The fourth-order valence-electron chi connectivity index (χ4n) is 4.31. The van der Waals surface area contributed by atoms with Crippen molar-refractivity contribution in [3.05, 3.63) is 76.4 Å². The average molecular weight is 423 g/mol. The number of rotatable bonds is 5. The number of morpholine rings is 1. The van der Waals surface area contributed by atoms with Gasteiger partial charge < -0.3 is 9.64 Å². The van der Waals surface area contributed by atoms with Crippen LogP contribution in [0.25, 0.3) is 11.3 Å². The fourth-order valence-corrected chi connectivity index (χ4v) is 4.44. The number of amides is 1. The summed E-state index contributed by atoms with van der Waals surface area (Å²) < 4.78 is 5.45. The molecule has 1 unspecified atom stereocenters. The topological polar surface area (TPSA) is 61.5 Å². The maximum atomic E-state index is 13.3. The van der Waals surface area contributed by atoms with Crippen molar-refractivity contribution in [2.24, 2.45) is 0 Å². The second-order valence-electron chi connectivity index (χ2n) is 7.63. The van der Waals surface area contributed by atoms with Gasteiger partial charge >= 0.3 is 0 Å². The number of aromatic amines is 1. The van der Waals surface area contributed by atoms with E-state index in [9.17, 15) is 4.79 Å². The van der Waals surface area contributed by atoms with Crippen molar-refractivity contribution in [3.63, 3.8) is 0 Å². The lowest BCUT2D eigenvalue weighted by atomic mass is 9.96. The second kappa shape index (κ2) is 8.22. The van der Waals surface area contributed by atoms with Gasteiger partial charge in [-0.05, 0) is 17.7 Å². The Morgan fingerprint density at radius 1 is 1.03 bits per heavy atom. The number of benzene rings is 2. The van der Waals surface area contributed by atoms with Crippen LogP contribution in [0.2, 0.25) is 5.02 Å². The SMILES string of the molecule is O=C1c2[nH]nc(-c3ccc(Cl)cc3)c2C(c2ccccc2)N1CCN1CCOCC1. The number of halogens is 1. The molecule has 5 rings (SSSR count). The van der Waals surface area contributed by atoms with Gasteiger partial charge in [0.1, 0.15) is 5.69 Å². The van der Waals surface area contributed by atoms with Gasteiger partial charge in [-0.3, -0.25) is 14.8 Å². The van der Waals surface area contributed by atoms with Crippen molar-refractivity contribution in [1.29, 1.82) is 0 Å². The third-order valence-corrected chi connectivity index (χ3v) is 6.11. The second-order valence-corrected chi connectivity index (χ2v) is 8.07. The highest BCUT2D eigenvalue weighted by atomic mass is 35.5. The largest absolute Gasteiger partial charge is 0.379 e. The number of nitrogens with zero attached hydrogens (tertiary/aromatic N) is 3. The maximum Gasteiger partial charge on any atom is 0.273 e. The van der Waals surface area contributed by atoms with Crippen molar-refractivity contribution in [1.82, 2.24) is 20.0 Å². The lowest BCUT2D eigenvalue weighted by Crippen LogP contribution is -2.42. The Kier molecular flexibility index (Phi) is 5.29. The summed E-state index contributed by atoms with van der Waals surface area (Å²) in [5, 5.41) is 8.19. The van der Waals surface area contributed by atoms with Crippen LogP contribution in [0.1, 0.15) is 27.7 Å². The van der Waals surface area contributed by atoms with Crippen LogP contribution in [0.3, 0.4) is 0 Å². The number of hydrogen-bond donors (Lipinski definition) is 1. The zero-order chi connectivity index (χ0) is 20.5. The molecule has 3 heterocycles. The third-order valence-electron chi connectivity index (χ3n) is 5.86. The summed E-state index contributed by atoms with van der Waals surface area (Å²) in [7, 11) is 0. The van der Waals surface area contributed by atoms with Crippen molar-refractivity contribution < 1.29 is 9.53 Å². The van der Waals surface area contributed by atoms with Gasteiger partial charge in [0.05, 0.1) is 24.9 Å². The van der Waals surface area contributed by atoms with Crippen LogP contribution in [0, 0.1) is 0 Å². The van der Waals surface area contributed by atoms with Crippen molar-refractivity contribution in [2.75, 3.05) is 39.4 Å². The van der Waals surface area contributed by atoms with Crippen LogP contribution < -0.4 is 0 Å². The van der Waals surface area contributed by atoms with Crippen molar-refractivity contribution in [2.45, 2.75) is 6.04 Å². The van der Waals surface area contributed by atoms with Crippen molar-refractivity contribution >= 4 is 17.5 Å². The van der Waals surface area contributed by atoms with E-state index in [1.807, 2.05) is 47.4 Å². The number of nitrogens with one attached hydrogen (secondary N) is 1. The molecule has 0 aliphatic carbocycles. The van der Waals surface area contributed by atoms with Crippen LogP contribution in [0.4, 0.5) is 0 Å². The van der Waals surface area contributed by atoms with E-state index in [1.54, 1.807) is 0 Å². The highest BCUT2D eigenvalue weighted by molar-refractivity contribution is 6.30. The molecule has 0 bridgehead atoms. The van der Waals surface area contributed by atoms with E-state index < -0.39 is 0 Å². The molecule has 2 aromatic carbocycles. The monoisotopic (exact) mass is 422 g/mol. The van der Waals surface area contributed by atoms with Crippen molar-refractivity contribution in [3.8, 4) is 11.3 Å². The Hall–Kier alpha value is -2.67. The Labute approximate surface area is 180 Å². The summed E-state index contributed by atoms with van der Waals surface area (Å²) >= 11 is 6.07. The minimum atomic E-state index is -0.167. The molecule has 0 radical (unpaired) electrons. The predicted molar refractivity (Wildman–Crippen MR) is 116 cm³/mol. The standard InChI is InChI=1S/C23H23ClN4O2/c24-18-8-6-16(7-9-18)20-19-21(26-25-20)23(29)28(11-10-27-12-14-30-15-13-27)22(19)17-4-2-1-3-5-17/h1-9,22H,10-15H2,(H,25,26). The molecule has 1 aromatic heterocycles. The van der Waals surface area contributed by atoms with Gasteiger partial charge in [0, 0.05) is 42.3 Å². The Balaban J connectivity index is 1.51. The number of ether oxygens (including phenoxy) is 1. The van der Waals surface area contributed by atoms with E-state index >= 15 is 0 Å². The molecule has 0 spiro atoms. The molecule has 7 heteroatoms. The zero-order valence-corrected chi connectivity index (χ0v) is 17.3. The Bertz CT molecular complexity index is 1030. The molecule has 1 fully saturated rings. The van der Waals surface area contributed by atoms with Gasteiger partial charge in [-0.2, -0.15) is 5.10 Å². The number of carbonyl (C=O) groups excluding carboxylic acids is 1. The van der Waals surface area contributed by atoms with E-state index in [4.69, 9.17) is 16.3 Å². The molecule has 1 N–H and O–H groups in total. The highest BCUT2D eigenvalue weighted by Gasteiger charge is 2.42. The molecular weight excluding hydrogens is 400 g/mol. The number of H-pyrrole nitrogens is 1. The first kappa shape index (κ1) is 19.3. The molecule has 154 valence electrons. The van der Waals surface area contributed by atoms with E-state index in [-0.39, 0.29) is 11.9 Å². The van der Waals surface area contributed by atoms with Gasteiger partial charge in [-0.15, -0.1) is 0 Å². The smallest absolute Gasteiger partial charge is 0.273 e. The number of hydrogen-bond acceptors (Lipinski definition) is 4. The Morgan fingerprint density at radius 2 is 1.77 bits per heavy atom. The first-order valence-electron chi connectivity index (χ1n) is 10.2. The fraction of sp³-hybridized carbons (Fsp3) is 0.304. The minimum Gasteiger partial charge on any atom is -0.379 e. The number of carbonyl (C=O) groups is 1. The maximum absolute atomic E-state index is 13.3. The summed E-state index contributed by atoms with van der Waals surface area (Å²) in [5.41, 5.74) is 4.35. The van der Waals surface area contributed by atoms with Crippen LogP contribution in [-0.4, -0.2) is 65.3 Å². The molecule has 1 atom stereocenters. The molecule has 30 heavy (non-hydrogen) atoms. The van der Waals surface area contributed by atoms with E-state index in [1.165, 1.54) is 0 Å². The molecule has 0 saturated carbocycles. The normalized spacial score (nSPS) is 19.3. The molecule has 1 amide bonds. The molecule has 6 nitrogen and oxygen atoms in total. The third kappa shape index (κ3) is 3.51. The first-order chi connectivity index (χ1) is 14.7. The van der Waals surface area contributed by atoms with Gasteiger partial charge in [0.25, 0.3) is 5.91 Å². The summed E-state index contributed by atoms with van der Waals surface area (Å²) in [6.45, 7) is 4.79. The van der Waals surface area contributed by atoms with Crippen LogP contribution in [0.5, 0.6) is 0 Å².